The van der Waals surface area contributed by atoms with Crippen molar-refractivity contribution in [2.45, 2.75) is 31.6 Å². The molecule has 3 nitrogen and oxygen atoms in total. The van der Waals surface area contributed by atoms with E-state index in [4.69, 9.17) is 22.4 Å². The standard InChI is InChI=1S/C14H15BrClN3/c15-9-5-10-13(19-17)7-12(8-3-1-2-4-8)18-14(10)11(16)6-9/h5-8H,1-4,17H2,(H,18,19). The number of nitrogens with zero attached hydrogens (tertiary/aromatic N) is 1. The highest BCUT2D eigenvalue weighted by Crippen LogP contribution is 2.38. The van der Waals surface area contributed by atoms with Crippen molar-refractivity contribution in [3.63, 3.8) is 0 Å². The van der Waals surface area contributed by atoms with E-state index in [1.54, 1.807) is 0 Å². The molecular weight excluding hydrogens is 326 g/mol. The summed E-state index contributed by atoms with van der Waals surface area (Å²) in [5.74, 6) is 6.19. The molecule has 0 unspecified atom stereocenters. The Labute approximate surface area is 125 Å². The number of rotatable bonds is 2. The van der Waals surface area contributed by atoms with E-state index in [1.165, 1.54) is 25.7 Å². The normalized spacial score (nSPS) is 16.2. The molecule has 0 amide bonds. The van der Waals surface area contributed by atoms with Crippen molar-refractivity contribution in [2.75, 3.05) is 5.43 Å². The number of nitrogens with two attached hydrogens (primary N) is 1. The summed E-state index contributed by atoms with van der Waals surface area (Å²) in [5, 5.41) is 1.60. The number of anilines is 1. The maximum absolute atomic E-state index is 6.31. The lowest BCUT2D eigenvalue weighted by Gasteiger charge is -2.14. The highest BCUT2D eigenvalue weighted by Gasteiger charge is 2.20. The van der Waals surface area contributed by atoms with Gasteiger partial charge in [0.25, 0.3) is 0 Å². The van der Waals surface area contributed by atoms with Gasteiger partial charge in [-0.15, -0.1) is 0 Å². The zero-order valence-electron chi connectivity index (χ0n) is 10.4. The van der Waals surface area contributed by atoms with Crippen LogP contribution >= 0.6 is 27.5 Å². The van der Waals surface area contributed by atoms with Crippen LogP contribution in [-0.2, 0) is 0 Å². The number of pyridine rings is 1. The smallest absolute Gasteiger partial charge is 0.0913 e. The van der Waals surface area contributed by atoms with Crippen LogP contribution in [0.3, 0.4) is 0 Å². The number of halogens is 2. The first-order valence-electron chi connectivity index (χ1n) is 6.45. The largest absolute Gasteiger partial charge is 0.323 e. The number of nitrogen functional groups attached to an aromatic ring is 1. The molecule has 1 aliphatic rings. The SMILES string of the molecule is NNc1cc(C2CCCC2)nc2c(Cl)cc(Br)cc12. The summed E-state index contributed by atoms with van der Waals surface area (Å²) in [7, 11) is 0. The van der Waals surface area contributed by atoms with E-state index in [9.17, 15) is 0 Å². The van der Waals surface area contributed by atoms with Gasteiger partial charge in [-0.05, 0) is 31.0 Å². The molecule has 2 aromatic rings. The van der Waals surface area contributed by atoms with E-state index in [-0.39, 0.29) is 0 Å². The number of aromatic nitrogens is 1. The van der Waals surface area contributed by atoms with E-state index >= 15 is 0 Å². The summed E-state index contributed by atoms with van der Waals surface area (Å²) in [6, 6.07) is 5.92. The third kappa shape index (κ3) is 2.45. The second-order valence-electron chi connectivity index (χ2n) is 5.00. The molecule has 1 aromatic heterocycles. The number of hydrazine groups is 1. The average Bonchev–Trinajstić information content (AvgIpc) is 2.91. The lowest BCUT2D eigenvalue weighted by molar-refractivity contribution is 0.701. The van der Waals surface area contributed by atoms with E-state index < -0.39 is 0 Å². The van der Waals surface area contributed by atoms with Gasteiger partial charge in [-0.3, -0.25) is 10.8 Å². The fourth-order valence-corrected chi connectivity index (χ4v) is 3.67. The van der Waals surface area contributed by atoms with E-state index in [0.717, 1.165) is 26.8 Å². The maximum Gasteiger partial charge on any atom is 0.0913 e. The fourth-order valence-electron chi connectivity index (χ4n) is 2.82. The van der Waals surface area contributed by atoms with E-state index in [2.05, 4.69) is 27.4 Å². The van der Waals surface area contributed by atoms with Gasteiger partial charge in [0.2, 0.25) is 0 Å². The van der Waals surface area contributed by atoms with Crippen molar-refractivity contribution >= 4 is 44.1 Å². The van der Waals surface area contributed by atoms with Crippen molar-refractivity contribution in [1.29, 1.82) is 0 Å². The van der Waals surface area contributed by atoms with Gasteiger partial charge >= 0.3 is 0 Å². The molecule has 0 radical (unpaired) electrons. The second kappa shape index (κ2) is 5.27. The summed E-state index contributed by atoms with van der Waals surface area (Å²) in [6.45, 7) is 0. The first-order chi connectivity index (χ1) is 9.19. The van der Waals surface area contributed by atoms with Gasteiger partial charge in [-0.1, -0.05) is 40.4 Å². The average molecular weight is 341 g/mol. The first kappa shape index (κ1) is 13.2. The molecule has 5 heteroatoms. The van der Waals surface area contributed by atoms with Gasteiger partial charge in [0.15, 0.2) is 0 Å². The third-order valence-corrected chi connectivity index (χ3v) is 4.53. The van der Waals surface area contributed by atoms with Crippen LogP contribution in [0.25, 0.3) is 10.9 Å². The van der Waals surface area contributed by atoms with Crippen LogP contribution in [0.5, 0.6) is 0 Å². The molecule has 1 aliphatic carbocycles. The maximum atomic E-state index is 6.31. The summed E-state index contributed by atoms with van der Waals surface area (Å²) in [4.78, 5) is 4.76. The Kier molecular flexibility index (Phi) is 3.65. The minimum absolute atomic E-state index is 0.538. The first-order valence-corrected chi connectivity index (χ1v) is 7.62. The molecule has 1 heterocycles. The topological polar surface area (TPSA) is 50.9 Å². The lowest BCUT2D eigenvalue weighted by atomic mass is 10.0. The van der Waals surface area contributed by atoms with Crippen LogP contribution < -0.4 is 11.3 Å². The summed E-state index contributed by atoms with van der Waals surface area (Å²) >= 11 is 9.76. The van der Waals surface area contributed by atoms with Crippen molar-refractivity contribution < 1.29 is 0 Å². The van der Waals surface area contributed by atoms with Crippen molar-refractivity contribution in [2.24, 2.45) is 5.84 Å². The Morgan fingerprint density at radius 2 is 2.00 bits per heavy atom. The molecule has 1 aromatic carbocycles. The molecule has 0 saturated heterocycles. The molecule has 3 N–H and O–H groups in total. The van der Waals surface area contributed by atoms with E-state index in [1.807, 2.05) is 12.1 Å². The highest BCUT2D eigenvalue weighted by molar-refractivity contribution is 9.10. The Bertz CT molecular complexity index is 624. The number of benzene rings is 1. The van der Waals surface area contributed by atoms with Gasteiger partial charge in [0, 0.05) is 21.5 Å². The summed E-state index contributed by atoms with van der Waals surface area (Å²) < 4.78 is 0.928. The minimum Gasteiger partial charge on any atom is -0.323 e. The Hall–Kier alpha value is -0.840. The van der Waals surface area contributed by atoms with Crippen LogP contribution in [-0.4, -0.2) is 4.98 Å². The Balaban J connectivity index is 2.21. The molecule has 1 saturated carbocycles. The third-order valence-electron chi connectivity index (χ3n) is 3.78. The number of nitrogens with one attached hydrogen (secondary N) is 1. The van der Waals surface area contributed by atoms with Crippen molar-refractivity contribution in [3.05, 3.63) is 33.4 Å². The Morgan fingerprint density at radius 1 is 1.26 bits per heavy atom. The molecule has 1 fully saturated rings. The van der Waals surface area contributed by atoms with Gasteiger partial charge in [0.05, 0.1) is 16.2 Å². The predicted octanol–water partition coefficient (Wildman–Crippen LogP) is 4.59. The molecule has 0 atom stereocenters. The minimum atomic E-state index is 0.538. The van der Waals surface area contributed by atoms with Crippen molar-refractivity contribution in [3.8, 4) is 0 Å². The van der Waals surface area contributed by atoms with Gasteiger partial charge in [0.1, 0.15) is 0 Å². The van der Waals surface area contributed by atoms with Crippen LogP contribution in [0.4, 0.5) is 5.69 Å². The Morgan fingerprint density at radius 3 is 2.68 bits per heavy atom. The number of fused-ring (bicyclic) bond motifs is 1. The monoisotopic (exact) mass is 339 g/mol. The van der Waals surface area contributed by atoms with Crippen LogP contribution in [0.2, 0.25) is 5.02 Å². The van der Waals surface area contributed by atoms with Crippen LogP contribution in [0, 0.1) is 0 Å². The fraction of sp³-hybridized carbons (Fsp3) is 0.357. The molecule has 0 spiro atoms. The molecule has 3 rings (SSSR count). The van der Waals surface area contributed by atoms with Crippen LogP contribution in [0.1, 0.15) is 37.3 Å². The van der Waals surface area contributed by atoms with Gasteiger partial charge < -0.3 is 5.43 Å². The lowest BCUT2D eigenvalue weighted by Crippen LogP contribution is -2.09. The van der Waals surface area contributed by atoms with Gasteiger partial charge in [-0.2, -0.15) is 0 Å². The number of hydrogen-bond donors (Lipinski definition) is 2. The molecule has 0 bridgehead atoms. The summed E-state index contributed by atoms with van der Waals surface area (Å²) in [5.41, 5.74) is 5.57. The zero-order chi connectivity index (χ0) is 13.4. The molecule has 0 aliphatic heterocycles. The van der Waals surface area contributed by atoms with Crippen molar-refractivity contribution in [1.82, 2.24) is 4.98 Å². The number of hydrogen-bond acceptors (Lipinski definition) is 3. The second-order valence-corrected chi connectivity index (χ2v) is 6.33. The van der Waals surface area contributed by atoms with Gasteiger partial charge in [-0.25, -0.2) is 0 Å². The molecular formula is C14H15BrClN3. The summed E-state index contributed by atoms with van der Waals surface area (Å²) in [6.07, 6.45) is 4.97. The zero-order valence-corrected chi connectivity index (χ0v) is 12.8. The predicted molar refractivity (Wildman–Crippen MR) is 83.5 cm³/mol. The van der Waals surface area contributed by atoms with E-state index in [0.29, 0.717) is 10.9 Å². The quantitative estimate of drug-likeness (QED) is 0.621. The molecule has 19 heavy (non-hydrogen) atoms. The molecule has 100 valence electrons. The van der Waals surface area contributed by atoms with Crippen LogP contribution in [0.15, 0.2) is 22.7 Å². The highest BCUT2D eigenvalue weighted by atomic mass is 79.9.